The van der Waals surface area contributed by atoms with Crippen LogP contribution in [0.4, 0.5) is 11.5 Å². The van der Waals surface area contributed by atoms with Crippen molar-refractivity contribution in [3.05, 3.63) is 52.1 Å². The highest BCUT2D eigenvalue weighted by molar-refractivity contribution is 9.10. The van der Waals surface area contributed by atoms with Crippen LogP contribution >= 0.6 is 15.9 Å². The number of aromatic nitrogens is 1. The lowest BCUT2D eigenvalue weighted by Gasteiger charge is -2.08. The number of hydrogen-bond acceptors (Lipinski definition) is 3. The van der Waals surface area contributed by atoms with Crippen molar-refractivity contribution in [1.82, 2.24) is 4.98 Å². The molecular weight excluding hydrogens is 292 g/mol. The monoisotopic (exact) mass is 304 g/mol. The first-order valence-electron chi connectivity index (χ1n) is 5.56. The molecule has 0 bridgehead atoms. The Kier molecular flexibility index (Phi) is 3.77. The van der Waals surface area contributed by atoms with Crippen molar-refractivity contribution in [2.45, 2.75) is 13.8 Å². The van der Waals surface area contributed by atoms with Crippen LogP contribution in [0.3, 0.4) is 0 Å². The van der Waals surface area contributed by atoms with Crippen molar-refractivity contribution >= 4 is 33.2 Å². The van der Waals surface area contributed by atoms with Gasteiger partial charge in [0.25, 0.3) is 0 Å². The Morgan fingerprint density at radius 2 is 2.11 bits per heavy atom. The first-order chi connectivity index (χ1) is 8.56. The summed E-state index contributed by atoms with van der Waals surface area (Å²) in [5.41, 5.74) is 2.62. The minimum absolute atomic E-state index is 0.0505. The highest BCUT2D eigenvalue weighted by Crippen LogP contribution is 2.24. The van der Waals surface area contributed by atoms with Crippen molar-refractivity contribution in [1.29, 1.82) is 0 Å². The van der Waals surface area contributed by atoms with Gasteiger partial charge < -0.3 is 5.32 Å². The zero-order valence-electron chi connectivity index (χ0n) is 10.2. The lowest BCUT2D eigenvalue weighted by Crippen LogP contribution is -1.97. The standard InChI is InChI=1S/C14H13BrN2O/c1-9-6-13(15)14(16-8-9)17-12-5-3-4-11(7-12)10(2)18/h3-8H,1-2H3,(H,16,17). The molecule has 1 aromatic heterocycles. The third-order valence-electron chi connectivity index (χ3n) is 2.51. The number of Topliss-reactive ketones (excluding diaryl/α,β-unsaturated/α-hetero) is 1. The third kappa shape index (κ3) is 2.96. The highest BCUT2D eigenvalue weighted by atomic mass is 79.9. The van der Waals surface area contributed by atoms with Crippen LogP contribution in [0, 0.1) is 6.92 Å². The maximum absolute atomic E-state index is 11.3. The molecule has 18 heavy (non-hydrogen) atoms. The third-order valence-corrected chi connectivity index (χ3v) is 3.11. The van der Waals surface area contributed by atoms with Crippen molar-refractivity contribution in [2.75, 3.05) is 5.32 Å². The zero-order valence-corrected chi connectivity index (χ0v) is 11.8. The number of nitrogens with one attached hydrogen (secondary N) is 1. The number of rotatable bonds is 3. The molecule has 0 saturated heterocycles. The number of pyridine rings is 1. The number of hydrogen-bond donors (Lipinski definition) is 1. The van der Waals surface area contributed by atoms with E-state index in [1.54, 1.807) is 19.2 Å². The first-order valence-corrected chi connectivity index (χ1v) is 6.36. The molecule has 0 amide bonds. The zero-order chi connectivity index (χ0) is 13.1. The molecule has 92 valence electrons. The summed E-state index contributed by atoms with van der Waals surface area (Å²) in [6.45, 7) is 3.54. The molecule has 0 aliphatic heterocycles. The molecule has 0 fully saturated rings. The van der Waals surface area contributed by atoms with Gasteiger partial charge in [-0.15, -0.1) is 0 Å². The van der Waals surface area contributed by atoms with Gasteiger partial charge in [-0.25, -0.2) is 4.98 Å². The van der Waals surface area contributed by atoms with Gasteiger partial charge >= 0.3 is 0 Å². The van der Waals surface area contributed by atoms with Crippen molar-refractivity contribution in [3.8, 4) is 0 Å². The number of carbonyl (C=O) groups is 1. The van der Waals surface area contributed by atoms with E-state index in [9.17, 15) is 4.79 Å². The highest BCUT2D eigenvalue weighted by Gasteiger charge is 2.04. The van der Waals surface area contributed by atoms with E-state index in [0.717, 1.165) is 21.5 Å². The Morgan fingerprint density at radius 1 is 1.33 bits per heavy atom. The average molecular weight is 305 g/mol. The molecule has 1 aromatic carbocycles. The molecule has 0 spiro atoms. The molecule has 4 heteroatoms. The molecule has 2 rings (SSSR count). The summed E-state index contributed by atoms with van der Waals surface area (Å²) in [5, 5.41) is 3.18. The van der Waals surface area contributed by atoms with Crippen LogP contribution in [0.15, 0.2) is 41.0 Å². The number of ketones is 1. The Hall–Kier alpha value is -1.68. The van der Waals surface area contributed by atoms with Gasteiger partial charge in [-0.05, 0) is 53.5 Å². The molecule has 2 aromatic rings. The van der Waals surface area contributed by atoms with Crippen LogP contribution in [-0.2, 0) is 0 Å². The summed E-state index contributed by atoms with van der Waals surface area (Å²) in [5.74, 6) is 0.788. The fourth-order valence-corrected chi connectivity index (χ4v) is 2.14. The van der Waals surface area contributed by atoms with Gasteiger partial charge in [-0.3, -0.25) is 4.79 Å². The van der Waals surface area contributed by atoms with Gasteiger partial charge in [0.05, 0.1) is 4.47 Å². The Bertz CT molecular complexity index is 596. The maximum Gasteiger partial charge on any atom is 0.159 e. The second-order valence-corrected chi connectivity index (χ2v) is 4.96. The molecule has 0 aliphatic carbocycles. The van der Waals surface area contributed by atoms with Crippen molar-refractivity contribution in [3.63, 3.8) is 0 Å². The van der Waals surface area contributed by atoms with Gasteiger partial charge in [-0.1, -0.05) is 12.1 Å². The van der Waals surface area contributed by atoms with E-state index in [4.69, 9.17) is 0 Å². The number of benzene rings is 1. The second-order valence-electron chi connectivity index (χ2n) is 4.11. The minimum Gasteiger partial charge on any atom is -0.339 e. The summed E-state index contributed by atoms with van der Waals surface area (Å²) < 4.78 is 0.899. The second kappa shape index (κ2) is 5.31. The molecule has 1 N–H and O–H groups in total. The number of halogens is 1. The van der Waals surface area contributed by atoms with Gasteiger partial charge in [-0.2, -0.15) is 0 Å². The Balaban J connectivity index is 2.28. The van der Waals surface area contributed by atoms with E-state index in [0.29, 0.717) is 5.56 Å². The van der Waals surface area contributed by atoms with Crippen LogP contribution in [0.1, 0.15) is 22.8 Å². The Morgan fingerprint density at radius 3 is 2.78 bits per heavy atom. The van der Waals surface area contributed by atoms with Gasteiger partial charge in [0.15, 0.2) is 5.78 Å². The maximum atomic E-state index is 11.3. The summed E-state index contributed by atoms with van der Waals surface area (Å²) in [4.78, 5) is 15.6. The van der Waals surface area contributed by atoms with E-state index in [-0.39, 0.29) is 5.78 Å². The van der Waals surface area contributed by atoms with Crippen LogP contribution in [0.25, 0.3) is 0 Å². The minimum atomic E-state index is 0.0505. The van der Waals surface area contributed by atoms with Crippen molar-refractivity contribution in [2.24, 2.45) is 0 Å². The molecule has 0 saturated carbocycles. The number of carbonyl (C=O) groups excluding carboxylic acids is 1. The van der Waals surface area contributed by atoms with E-state index in [2.05, 4.69) is 26.2 Å². The summed E-state index contributed by atoms with van der Waals surface area (Å²) >= 11 is 3.46. The quantitative estimate of drug-likeness (QED) is 0.868. The molecule has 0 aliphatic rings. The predicted octanol–water partition coefficient (Wildman–Crippen LogP) is 4.10. The van der Waals surface area contributed by atoms with Crippen LogP contribution in [0.2, 0.25) is 0 Å². The molecule has 1 heterocycles. The fraction of sp³-hybridized carbons (Fsp3) is 0.143. The van der Waals surface area contributed by atoms with Gasteiger partial charge in [0, 0.05) is 17.4 Å². The fourth-order valence-electron chi connectivity index (χ4n) is 1.58. The molecule has 0 radical (unpaired) electrons. The van der Waals surface area contributed by atoms with E-state index in [1.165, 1.54) is 0 Å². The van der Waals surface area contributed by atoms with Crippen molar-refractivity contribution < 1.29 is 4.79 Å². The predicted molar refractivity (Wildman–Crippen MR) is 76.4 cm³/mol. The number of anilines is 2. The largest absolute Gasteiger partial charge is 0.339 e. The summed E-state index contributed by atoms with van der Waals surface area (Å²) in [6.07, 6.45) is 1.79. The topological polar surface area (TPSA) is 42.0 Å². The van der Waals surface area contributed by atoms with Gasteiger partial charge in [0.1, 0.15) is 5.82 Å². The van der Waals surface area contributed by atoms with Crippen LogP contribution < -0.4 is 5.32 Å². The SMILES string of the molecule is CC(=O)c1cccc(Nc2ncc(C)cc2Br)c1. The molecular formula is C14H13BrN2O. The van der Waals surface area contributed by atoms with Gasteiger partial charge in [0.2, 0.25) is 0 Å². The van der Waals surface area contributed by atoms with E-state index >= 15 is 0 Å². The van der Waals surface area contributed by atoms with E-state index in [1.807, 2.05) is 31.2 Å². The smallest absolute Gasteiger partial charge is 0.159 e. The summed E-state index contributed by atoms with van der Waals surface area (Å²) in [6, 6.07) is 9.35. The van der Waals surface area contributed by atoms with E-state index < -0.39 is 0 Å². The Labute approximate surface area is 114 Å². The first kappa shape index (κ1) is 12.8. The molecule has 0 unspecified atom stereocenters. The summed E-state index contributed by atoms with van der Waals surface area (Å²) in [7, 11) is 0. The molecule has 0 atom stereocenters. The number of nitrogens with zero attached hydrogens (tertiary/aromatic N) is 1. The number of aryl methyl sites for hydroxylation is 1. The van der Waals surface area contributed by atoms with Crippen LogP contribution in [-0.4, -0.2) is 10.8 Å². The lowest BCUT2D eigenvalue weighted by atomic mass is 10.1. The average Bonchev–Trinajstić information content (AvgIpc) is 2.33. The van der Waals surface area contributed by atoms with Crippen LogP contribution in [0.5, 0.6) is 0 Å². The molecule has 3 nitrogen and oxygen atoms in total. The lowest BCUT2D eigenvalue weighted by molar-refractivity contribution is 0.101. The normalized spacial score (nSPS) is 10.2.